The minimum absolute atomic E-state index is 0.0881. The molecule has 1 atom stereocenters. The lowest BCUT2D eigenvalue weighted by molar-refractivity contribution is -0.137. The molecule has 7 nitrogen and oxygen atoms in total. The lowest BCUT2D eigenvalue weighted by Gasteiger charge is -2.39. The molecule has 0 spiro atoms. The third-order valence-electron chi connectivity index (χ3n) is 6.84. The zero-order valence-electron chi connectivity index (χ0n) is 20.4. The predicted molar refractivity (Wildman–Crippen MR) is 134 cm³/mol. The van der Waals surface area contributed by atoms with E-state index in [-0.39, 0.29) is 36.9 Å². The fraction of sp³-hybridized carbons (Fsp3) is 0.250. The number of alkyl halides is 3. The van der Waals surface area contributed by atoms with Gasteiger partial charge in [0.05, 0.1) is 30.5 Å². The molecule has 0 aliphatic carbocycles. The Morgan fingerprint density at radius 1 is 1.00 bits per heavy atom. The number of ether oxygens (including phenoxy) is 1. The first-order valence-corrected chi connectivity index (χ1v) is 12.0. The number of halogens is 3. The van der Waals surface area contributed by atoms with Crippen LogP contribution in [0.25, 0.3) is 11.1 Å². The minimum Gasteiger partial charge on any atom is -0.497 e. The van der Waals surface area contributed by atoms with Crippen LogP contribution in [-0.4, -0.2) is 66.7 Å². The van der Waals surface area contributed by atoms with Gasteiger partial charge in [0.2, 0.25) is 5.91 Å². The number of ketones is 1. The standard InChI is InChI=1S/C28H24F3N3O4/c1-38-21-8-5-17(6-9-21)25(35)16-33-11-12-34-24(15-33)26(36)32-23-10-7-19(14-22(23)27(34)37)18-3-2-4-20(13-18)28(29,30)31/h2-10,13-14,24H,11-12,15-16H2,1H3,(H,32,36). The quantitative estimate of drug-likeness (QED) is 0.504. The molecule has 10 heteroatoms. The smallest absolute Gasteiger partial charge is 0.416 e. The summed E-state index contributed by atoms with van der Waals surface area (Å²) in [6.07, 6.45) is -4.49. The van der Waals surface area contributed by atoms with Crippen molar-refractivity contribution in [3.05, 3.63) is 83.4 Å². The van der Waals surface area contributed by atoms with Gasteiger partial charge < -0.3 is 15.0 Å². The number of amides is 2. The first kappa shape index (κ1) is 25.5. The summed E-state index contributed by atoms with van der Waals surface area (Å²) in [4.78, 5) is 42.7. The molecule has 1 unspecified atom stereocenters. The largest absolute Gasteiger partial charge is 0.497 e. The summed E-state index contributed by atoms with van der Waals surface area (Å²) in [6.45, 7) is 0.874. The highest BCUT2D eigenvalue weighted by atomic mass is 19.4. The van der Waals surface area contributed by atoms with Gasteiger partial charge in [-0.2, -0.15) is 13.2 Å². The van der Waals surface area contributed by atoms with Crippen molar-refractivity contribution in [3.8, 4) is 16.9 Å². The van der Waals surface area contributed by atoms with Gasteiger partial charge in [-0.25, -0.2) is 0 Å². The van der Waals surface area contributed by atoms with Crippen LogP contribution in [0.5, 0.6) is 5.75 Å². The number of hydrogen-bond acceptors (Lipinski definition) is 5. The van der Waals surface area contributed by atoms with Crippen molar-refractivity contribution >= 4 is 23.3 Å². The van der Waals surface area contributed by atoms with Crippen LogP contribution < -0.4 is 10.1 Å². The van der Waals surface area contributed by atoms with Crippen LogP contribution in [-0.2, 0) is 11.0 Å². The van der Waals surface area contributed by atoms with Crippen molar-refractivity contribution in [1.29, 1.82) is 0 Å². The Hall–Kier alpha value is -4.18. The Morgan fingerprint density at radius 3 is 2.45 bits per heavy atom. The fourth-order valence-electron chi connectivity index (χ4n) is 4.78. The van der Waals surface area contributed by atoms with E-state index in [0.717, 1.165) is 12.1 Å². The Kier molecular flexibility index (Phi) is 6.66. The number of carbonyl (C=O) groups excluding carboxylic acids is 3. The van der Waals surface area contributed by atoms with Crippen LogP contribution in [0.1, 0.15) is 26.3 Å². The molecule has 1 saturated heterocycles. The molecule has 2 aliphatic rings. The fourth-order valence-corrected chi connectivity index (χ4v) is 4.78. The molecule has 0 aromatic heterocycles. The van der Waals surface area contributed by atoms with E-state index >= 15 is 0 Å². The third kappa shape index (κ3) is 4.99. The maximum atomic E-state index is 13.5. The number of Topliss-reactive ketones (excluding diaryl/α,β-unsaturated/α-hetero) is 1. The normalized spacial score (nSPS) is 17.8. The number of rotatable bonds is 5. The van der Waals surface area contributed by atoms with Crippen LogP contribution in [0.4, 0.5) is 18.9 Å². The van der Waals surface area contributed by atoms with Gasteiger partial charge in [-0.05, 0) is 59.7 Å². The van der Waals surface area contributed by atoms with E-state index in [9.17, 15) is 27.6 Å². The predicted octanol–water partition coefficient (Wildman–Crippen LogP) is 4.34. The molecular weight excluding hydrogens is 499 g/mol. The molecule has 196 valence electrons. The summed E-state index contributed by atoms with van der Waals surface area (Å²) in [5.41, 5.74) is 0.975. The van der Waals surface area contributed by atoms with Gasteiger partial charge in [-0.1, -0.05) is 18.2 Å². The van der Waals surface area contributed by atoms with E-state index in [2.05, 4.69) is 5.32 Å². The summed E-state index contributed by atoms with van der Waals surface area (Å²) in [5.74, 6) is -0.251. The van der Waals surface area contributed by atoms with Crippen molar-refractivity contribution in [2.24, 2.45) is 0 Å². The van der Waals surface area contributed by atoms with Crippen molar-refractivity contribution in [1.82, 2.24) is 9.80 Å². The van der Waals surface area contributed by atoms with Gasteiger partial charge in [0.1, 0.15) is 11.8 Å². The molecule has 2 amide bonds. The number of carbonyl (C=O) groups is 3. The molecule has 3 aromatic rings. The summed E-state index contributed by atoms with van der Waals surface area (Å²) >= 11 is 0. The molecule has 1 fully saturated rings. The van der Waals surface area contributed by atoms with Crippen LogP contribution in [0.15, 0.2) is 66.7 Å². The number of benzene rings is 3. The number of nitrogens with one attached hydrogen (secondary N) is 1. The van der Waals surface area contributed by atoms with E-state index < -0.39 is 23.7 Å². The topological polar surface area (TPSA) is 79.0 Å². The zero-order valence-corrected chi connectivity index (χ0v) is 20.4. The summed E-state index contributed by atoms with van der Waals surface area (Å²) in [6, 6.07) is 15.4. The molecule has 3 aromatic carbocycles. The first-order valence-electron chi connectivity index (χ1n) is 12.0. The van der Waals surface area contributed by atoms with Gasteiger partial charge in [-0.3, -0.25) is 19.3 Å². The van der Waals surface area contributed by atoms with Crippen LogP contribution in [0.2, 0.25) is 0 Å². The molecule has 1 N–H and O–H groups in total. The van der Waals surface area contributed by atoms with Crippen molar-refractivity contribution in [2.45, 2.75) is 12.2 Å². The third-order valence-corrected chi connectivity index (χ3v) is 6.84. The highest BCUT2D eigenvalue weighted by molar-refractivity contribution is 6.10. The second-order valence-corrected chi connectivity index (χ2v) is 9.23. The highest BCUT2D eigenvalue weighted by Gasteiger charge is 2.39. The second-order valence-electron chi connectivity index (χ2n) is 9.23. The molecule has 0 saturated carbocycles. The molecule has 2 aliphatic heterocycles. The van der Waals surface area contributed by atoms with E-state index in [0.29, 0.717) is 34.7 Å². The van der Waals surface area contributed by atoms with Crippen molar-refractivity contribution in [3.63, 3.8) is 0 Å². The van der Waals surface area contributed by atoms with E-state index in [1.165, 1.54) is 29.2 Å². The average molecular weight is 524 g/mol. The highest BCUT2D eigenvalue weighted by Crippen LogP contribution is 2.34. The Bertz CT molecular complexity index is 1410. The first-order chi connectivity index (χ1) is 18.1. The Labute approximate surface area is 216 Å². The monoisotopic (exact) mass is 523 g/mol. The van der Waals surface area contributed by atoms with Gasteiger partial charge in [0.25, 0.3) is 5.91 Å². The van der Waals surface area contributed by atoms with Crippen molar-refractivity contribution < 1.29 is 32.3 Å². The Morgan fingerprint density at radius 2 is 1.74 bits per heavy atom. The summed E-state index contributed by atoms with van der Waals surface area (Å²) in [5, 5.41) is 2.78. The van der Waals surface area contributed by atoms with E-state index in [1.54, 1.807) is 37.4 Å². The maximum Gasteiger partial charge on any atom is 0.416 e. The SMILES string of the molecule is COc1ccc(C(=O)CN2CCN3C(=O)c4cc(-c5cccc(C(F)(F)F)c5)ccc4NC(=O)C3C2)cc1. The summed E-state index contributed by atoms with van der Waals surface area (Å²) in [7, 11) is 1.54. The number of methoxy groups -OCH3 is 1. The molecule has 5 rings (SSSR count). The number of fused-ring (bicyclic) bond motifs is 2. The van der Waals surface area contributed by atoms with E-state index in [1.807, 2.05) is 4.90 Å². The van der Waals surface area contributed by atoms with Crippen LogP contribution in [0.3, 0.4) is 0 Å². The maximum absolute atomic E-state index is 13.5. The lowest BCUT2D eigenvalue weighted by atomic mass is 9.99. The second kappa shape index (κ2) is 9.94. The van der Waals surface area contributed by atoms with Gasteiger partial charge in [-0.15, -0.1) is 0 Å². The number of anilines is 1. The average Bonchev–Trinajstić information content (AvgIpc) is 3.02. The van der Waals surface area contributed by atoms with Crippen molar-refractivity contribution in [2.75, 3.05) is 38.6 Å². The minimum atomic E-state index is -4.49. The van der Waals surface area contributed by atoms with Gasteiger partial charge in [0.15, 0.2) is 5.78 Å². The van der Waals surface area contributed by atoms with Gasteiger partial charge >= 0.3 is 6.18 Å². The van der Waals surface area contributed by atoms with Gasteiger partial charge in [0, 0.05) is 25.2 Å². The lowest BCUT2D eigenvalue weighted by Crippen LogP contribution is -2.59. The molecular formula is C28H24F3N3O4. The number of nitrogens with zero attached hydrogens (tertiary/aromatic N) is 2. The Balaban J connectivity index is 1.35. The van der Waals surface area contributed by atoms with Crippen LogP contribution >= 0.6 is 0 Å². The molecule has 2 heterocycles. The summed E-state index contributed by atoms with van der Waals surface area (Å²) < 4.78 is 44.7. The molecule has 0 radical (unpaired) electrons. The molecule has 0 bridgehead atoms. The number of hydrogen-bond donors (Lipinski definition) is 1. The zero-order chi connectivity index (χ0) is 27.0. The number of piperazine rings is 1. The van der Waals surface area contributed by atoms with E-state index in [4.69, 9.17) is 4.74 Å². The van der Waals surface area contributed by atoms with Crippen LogP contribution in [0, 0.1) is 0 Å². The molecule has 38 heavy (non-hydrogen) atoms.